The number of nitrogens with one attached hydrogen (secondary N) is 2. The molecule has 8 heteroatoms. The number of rotatable bonds is 5. The molecule has 4 heterocycles. The number of likely N-dealkylation sites (tertiary alicyclic amines) is 2. The maximum Gasteiger partial charge on any atom is 0.240 e. The molecule has 28 heavy (non-hydrogen) atoms. The van der Waals surface area contributed by atoms with Gasteiger partial charge in [-0.2, -0.15) is 0 Å². The second kappa shape index (κ2) is 10.2. The Labute approximate surface area is 174 Å². The summed E-state index contributed by atoms with van der Waals surface area (Å²) in [6.45, 7) is 6.06. The average molecular weight is 415 g/mol. The molecule has 0 radical (unpaired) electrons. The Balaban J connectivity index is 0.00000225. The lowest BCUT2D eigenvalue weighted by atomic mass is 9.96. The molecule has 0 saturated carbocycles. The van der Waals surface area contributed by atoms with Crippen molar-refractivity contribution in [1.82, 2.24) is 20.4 Å². The highest BCUT2D eigenvalue weighted by Crippen LogP contribution is 2.27. The maximum atomic E-state index is 13.0. The molecule has 0 spiro atoms. The van der Waals surface area contributed by atoms with E-state index in [1.54, 1.807) is 0 Å². The molecular weight excluding hydrogens is 380 g/mol. The number of hydrogen-bond acceptors (Lipinski definition) is 5. The zero-order valence-corrected chi connectivity index (χ0v) is 17.6. The van der Waals surface area contributed by atoms with E-state index in [-0.39, 0.29) is 30.4 Å². The van der Waals surface area contributed by atoms with E-state index >= 15 is 0 Å². The summed E-state index contributed by atoms with van der Waals surface area (Å²) < 4.78 is 5.45. The Bertz CT molecular complexity index is 538. The number of hydrogen-bond donors (Lipinski definition) is 2. The number of amides is 2. The minimum Gasteiger partial charge on any atom is -0.381 e. The lowest BCUT2D eigenvalue weighted by Crippen LogP contribution is -2.51. The maximum absolute atomic E-state index is 13.0. The highest BCUT2D eigenvalue weighted by Gasteiger charge is 2.40. The summed E-state index contributed by atoms with van der Waals surface area (Å²) in [5.74, 6) is 0.919. The van der Waals surface area contributed by atoms with Gasteiger partial charge in [-0.1, -0.05) is 0 Å². The molecule has 7 nitrogen and oxygen atoms in total. The second-order valence-corrected chi connectivity index (χ2v) is 8.58. The van der Waals surface area contributed by atoms with E-state index in [9.17, 15) is 9.59 Å². The summed E-state index contributed by atoms with van der Waals surface area (Å²) in [4.78, 5) is 29.8. The molecule has 4 saturated heterocycles. The van der Waals surface area contributed by atoms with Gasteiger partial charge in [0.1, 0.15) is 0 Å². The lowest BCUT2D eigenvalue weighted by Gasteiger charge is -2.37. The van der Waals surface area contributed by atoms with Crippen LogP contribution >= 0.6 is 12.4 Å². The van der Waals surface area contributed by atoms with Crippen LogP contribution in [-0.4, -0.2) is 85.7 Å². The van der Waals surface area contributed by atoms with E-state index in [1.165, 1.54) is 0 Å². The molecule has 160 valence electrons. The van der Waals surface area contributed by atoms with Gasteiger partial charge >= 0.3 is 0 Å². The Hall–Kier alpha value is -0.890. The van der Waals surface area contributed by atoms with E-state index in [1.807, 2.05) is 0 Å². The Morgan fingerprint density at radius 3 is 2.68 bits per heavy atom. The first-order valence-electron chi connectivity index (χ1n) is 10.9. The van der Waals surface area contributed by atoms with Crippen molar-refractivity contribution in [1.29, 1.82) is 0 Å². The quantitative estimate of drug-likeness (QED) is 0.695. The second-order valence-electron chi connectivity index (χ2n) is 8.58. The van der Waals surface area contributed by atoms with Crippen LogP contribution in [0.1, 0.15) is 44.9 Å². The third-order valence-electron chi connectivity index (χ3n) is 6.78. The Kier molecular flexibility index (Phi) is 7.97. The first kappa shape index (κ1) is 21.8. The van der Waals surface area contributed by atoms with Gasteiger partial charge < -0.3 is 20.3 Å². The number of carbonyl (C=O) groups is 2. The summed E-state index contributed by atoms with van der Waals surface area (Å²) in [5.41, 5.74) is 0. The number of halogens is 1. The zero-order valence-electron chi connectivity index (χ0n) is 16.7. The fourth-order valence-electron chi connectivity index (χ4n) is 5.21. The molecule has 0 bridgehead atoms. The predicted octanol–water partition coefficient (Wildman–Crippen LogP) is 0.768. The van der Waals surface area contributed by atoms with E-state index in [0.717, 1.165) is 90.9 Å². The van der Waals surface area contributed by atoms with Crippen molar-refractivity contribution in [2.75, 3.05) is 45.9 Å². The molecule has 3 atom stereocenters. The zero-order chi connectivity index (χ0) is 18.6. The molecule has 4 rings (SSSR count). The van der Waals surface area contributed by atoms with E-state index < -0.39 is 0 Å². The van der Waals surface area contributed by atoms with Gasteiger partial charge in [-0.15, -0.1) is 12.4 Å². The van der Waals surface area contributed by atoms with Crippen molar-refractivity contribution in [2.45, 2.75) is 63.1 Å². The molecule has 0 aromatic heterocycles. The van der Waals surface area contributed by atoms with Gasteiger partial charge in [0.05, 0.1) is 12.1 Å². The third-order valence-corrected chi connectivity index (χ3v) is 6.78. The summed E-state index contributed by atoms with van der Waals surface area (Å²) in [6.07, 6.45) is 7.18. The minimum atomic E-state index is -0.00543. The smallest absolute Gasteiger partial charge is 0.240 e. The van der Waals surface area contributed by atoms with E-state index in [4.69, 9.17) is 4.74 Å². The van der Waals surface area contributed by atoms with Gasteiger partial charge in [0.15, 0.2) is 0 Å². The highest BCUT2D eigenvalue weighted by molar-refractivity contribution is 5.85. The normalized spacial score (nSPS) is 32.4. The third kappa shape index (κ3) is 4.99. The Morgan fingerprint density at radius 1 is 1.11 bits per heavy atom. The Morgan fingerprint density at radius 2 is 1.93 bits per heavy atom. The van der Waals surface area contributed by atoms with Crippen LogP contribution in [0, 0.1) is 5.92 Å². The fourth-order valence-corrected chi connectivity index (χ4v) is 5.21. The van der Waals surface area contributed by atoms with Crippen LogP contribution in [0.25, 0.3) is 0 Å². The van der Waals surface area contributed by atoms with Crippen molar-refractivity contribution in [2.24, 2.45) is 5.92 Å². The number of carbonyl (C=O) groups excluding carboxylic acids is 2. The first-order chi connectivity index (χ1) is 13.2. The molecule has 0 aromatic carbocycles. The van der Waals surface area contributed by atoms with Crippen molar-refractivity contribution in [3.05, 3.63) is 0 Å². The van der Waals surface area contributed by atoms with Gasteiger partial charge in [-0.3, -0.25) is 14.5 Å². The van der Waals surface area contributed by atoms with Gasteiger partial charge in [0.2, 0.25) is 11.8 Å². The van der Waals surface area contributed by atoms with Crippen molar-refractivity contribution < 1.29 is 14.3 Å². The van der Waals surface area contributed by atoms with Crippen LogP contribution < -0.4 is 10.6 Å². The van der Waals surface area contributed by atoms with Gasteiger partial charge in [0.25, 0.3) is 0 Å². The van der Waals surface area contributed by atoms with Crippen molar-refractivity contribution >= 4 is 24.2 Å². The minimum absolute atomic E-state index is 0. The molecular formula is C20H35ClN4O3. The molecule has 4 fully saturated rings. The first-order valence-corrected chi connectivity index (χ1v) is 10.9. The predicted molar refractivity (Wildman–Crippen MR) is 110 cm³/mol. The molecule has 3 unspecified atom stereocenters. The van der Waals surface area contributed by atoms with Crippen LogP contribution in [0.3, 0.4) is 0 Å². The molecule has 4 aliphatic rings. The summed E-state index contributed by atoms with van der Waals surface area (Å²) in [6, 6.07) is 0.409. The van der Waals surface area contributed by atoms with Crippen LogP contribution in [0.5, 0.6) is 0 Å². The molecule has 0 aromatic rings. The SMILES string of the molecule is Cl.O=C(NCC1CCCN(C2CCN(C3CCOCC3)C2=O)C1)C1CCCN1. The highest BCUT2D eigenvalue weighted by atomic mass is 35.5. The molecule has 0 aliphatic carbocycles. The van der Waals surface area contributed by atoms with Gasteiger partial charge in [0, 0.05) is 38.9 Å². The van der Waals surface area contributed by atoms with Crippen molar-refractivity contribution in [3.63, 3.8) is 0 Å². The monoisotopic (exact) mass is 414 g/mol. The number of nitrogens with zero attached hydrogens (tertiary/aromatic N) is 2. The van der Waals surface area contributed by atoms with E-state index in [2.05, 4.69) is 20.4 Å². The van der Waals surface area contributed by atoms with Gasteiger partial charge in [-0.25, -0.2) is 0 Å². The van der Waals surface area contributed by atoms with E-state index in [0.29, 0.717) is 17.9 Å². The molecule has 4 aliphatic heterocycles. The molecule has 2 N–H and O–H groups in total. The van der Waals surface area contributed by atoms with Crippen LogP contribution in [-0.2, 0) is 14.3 Å². The van der Waals surface area contributed by atoms with Crippen LogP contribution in [0.2, 0.25) is 0 Å². The summed E-state index contributed by atoms with van der Waals surface area (Å²) in [5, 5.41) is 6.40. The topological polar surface area (TPSA) is 73.9 Å². The van der Waals surface area contributed by atoms with Gasteiger partial charge in [-0.05, 0) is 64.0 Å². The lowest BCUT2D eigenvalue weighted by molar-refractivity contribution is -0.136. The van der Waals surface area contributed by atoms with Crippen LogP contribution in [0.15, 0.2) is 0 Å². The summed E-state index contributed by atoms with van der Waals surface area (Å²) in [7, 11) is 0. The molecule has 2 amide bonds. The summed E-state index contributed by atoms with van der Waals surface area (Å²) >= 11 is 0. The standard InChI is InChI=1S/C20H34N4O3.ClH/c25-19(17-4-1-8-21-17)22-13-15-3-2-9-23(14-15)18-5-10-24(20(18)26)16-6-11-27-12-7-16;/h15-18,21H,1-14H2,(H,22,25);1H. The largest absolute Gasteiger partial charge is 0.381 e. The average Bonchev–Trinajstić information content (AvgIpc) is 3.37. The number of piperidine rings is 1. The van der Waals surface area contributed by atoms with Crippen LogP contribution in [0.4, 0.5) is 0 Å². The fraction of sp³-hybridized carbons (Fsp3) is 0.900. The number of ether oxygens (including phenoxy) is 1. The van der Waals surface area contributed by atoms with Crippen molar-refractivity contribution in [3.8, 4) is 0 Å².